The molecule has 1 N–H and O–H groups in total. The molecule has 0 aromatic carbocycles. The zero-order chi connectivity index (χ0) is 21.1. The van der Waals surface area contributed by atoms with Crippen LogP contribution in [0, 0.1) is 28.6 Å². The Hall–Kier alpha value is -2.98. The summed E-state index contributed by atoms with van der Waals surface area (Å²) in [4.78, 5) is 10.2. The van der Waals surface area contributed by atoms with Crippen molar-refractivity contribution in [3.05, 3.63) is 45.5 Å². The summed E-state index contributed by atoms with van der Waals surface area (Å²) in [5.74, 6) is 0.180. The molecule has 2 aliphatic rings. The van der Waals surface area contributed by atoms with Crippen molar-refractivity contribution in [2.45, 2.75) is 25.6 Å². The van der Waals surface area contributed by atoms with E-state index < -0.39 is 5.95 Å². The van der Waals surface area contributed by atoms with Crippen molar-refractivity contribution in [2.24, 2.45) is 0 Å². The normalized spacial score (nSPS) is 16.1. The minimum absolute atomic E-state index is 0.0760. The SMILES string of the molecule is N#CCNc1nc(Cl)c(C#N)c2c1CCN(Cc1ccc(OC3COC3)nc1F)C2. The average molecular weight is 429 g/mol. The van der Waals surface area contributed by atoms with E-state index in [1.54, 1.807) is 12.1 Å². The van der Waals surface area contributed by atoms with Crippen LogP contribution in [0.25, 0.3) is 0 Å². The summed E-state index contributed by atoms with van der Waals surface area (Å²) in [7, 11) is 0. The van der Waals surface area contributed by atoms with Gasteiger partial charge in [0.15, 0.2) is 0 Å². The lowest BCUT2D eigenvalue weighted by atomic mass is 9.96. The van der Waals surface area contributed by atoms with Crippen molar-refractivity contribution in [3.8, 4) is 18.0 Å². The van der Waals surface area contributed by atoms with Crippen LogP contribution in [-0.2, 0) is 24.2 Å². The highest BCUT2D eigenvalue weighted by Gasteiger charge is 2.26. The number of ether oxygens (including phenoxy) is 2. The van der Waals surface area contributed by atoms with Crippen molar-refractivity contribution in [1.82, 2.24) is 14.9 Å². The van der Waals surface area contributed by atoms with Gasteiger partial charge in [-0.1, -0.05) is 11.6 Å². The maximum Gasteiger partial charge on any atom is 0.220 e. The number of hydrogen-bond acceptors (Lipinski definition) is 8. The van der Waals surface area contributed by atoms with Gasteiger partial charge in [-0.2, -0.15) is 19.9 Å². The molecule has 2 aromatic heterocycles. The molecular formula is C20H18ClFN6O2. The van der Waals surface area contributed by atoms with E-state index in [0.29, 0.717) is 56.2 Å². The van der Waals surface area contributed by atoms with Crippen molar-refractivity contribution >= 4 is 17.4 Å². The van der Waals surface area contributed by atoms with E-state index in [2.05, 4.69) is 21.4 Å². The van der Waals surface area contributed by atoms with Gasteiger partial charge in [0, 0.05) is 36.8 Å². The van der Waals surface area contributed by atoms with E-state index in [1.165, 1.54) is 0 Å². The topological polar surface area (TPSA) is 107 Å². The van der Waals surface area contributed by atoms with E-state index in [-0.39, 0.29) is 23.7 Å². The Labute approximate surface area is 177 Å². The third-order valence-electron chi connectivity index (χ3n) is 5.06. The van der Waals surface area contributed by atoms with Crippen LogP contribution in [0.5, 0.6) is 5.88 Å². The van der Waals surface area contributed by atoms with Gasteiger partial charge in [-0.25, -0.2) is 4.98 Å². The first kappa shape index (κ1) is 20.3. The van der Waals surface area contributed by atoms with Crippen LogP contribution in [0.3, 0.4) is 0 Å². The first-order valence-corrected chi connectivity index (χ1v) is 9.81. The van der Waals surface area contributed by atoms with E-state index in [0.717, 1.165) is 11.1 Å². The highest BCUT2D eigenvalue weighted by molar-refractivity contribution is 6.30. The van der Waals surface area contributed by atoms with E-state index in [1.807, 2.05) is 11.0 Å². The molecule has 154 valence electrons. The molecule has 10 heteroatoms. The number of nitriles is 2. The fourth-order valence-electron chi connectivity index (χ4n) is 3.50. The molecular weight excluding hydrogens is 411 g/mol. The molecule has 0 saturated carbocycles. The largest absolute Gasteiger partial charge is 0.469 e. The Morgan fingerprint density at radius 1 is 1.30 bits per heavy atom. The molecule has 1 saturated heterocycles. The average Bonchev–Trinajstić information content (AvgIpc) is 2.70. The van der Waals surface area contributed by atoms with Crippen molar-refractivity contribution < 1.29 is 13.9 Å². The predicted molar refractivity (Wildman–Crippen MR) is 105 cm³/mol. The highest BCUT2D eigenvalue weighted by Crippen LogP contribution is 2.32. The number of pyridine rings is 2. The quantitative estimate of drug-likeness (QED) is 0.552. The van der Waals surface area contributed by atoms with Crippen molar-refractivity contribution in [3.63, 3.8) is 0 Å². The summed E-state index contributed by atoms with van der Waals surface area (Å²) in [6.45, 7) is 2.45. The van der Waals surface area contributed by atoms with E-state index in [4.69, 9.17) is 26.3 Å². The number of hydrogen-bond donors (Lipinski definition) is 1. The fourth-order valence-corrected chi connectivity index (χ4v) is 3.74. The first-order chi connectivity index (χ1) is 14.6. The second-order valence-electron chi connectivity index (χ2n) is 7.04. The molecule has 2 aliphatic heterocycles. The molecule has 4 heterocycles. The van der Waals surface area contributed by atoms with Crippen molar-refractivity contribution in [2.75, 3.05) is 31.6 Å². The number of anilines is 1. The molecule has 0 unspecified atom stereocenters. The molecule has 8 nitrogen and oxygen atoms in total. The number of fused-ring (bicyclic) bond motifs is 1. The summed E-state index contributed by atoms with van der Waals surface area (Å²) in [6.07, 6.45) is 0.521. The van der Waals surface area contributed by atoms with Crippen LogP contribution >= 0.6 is 11.6 Å². The zero-order valence-corrected chi connectivity index (χ0v) is 16.7. The smallest absolute Gasteiger partial charge is 0.220 e. The zero-order valence-electron chi connectivity index (χ0n) is 16.0. The number of nitrogens with zero attached hydrogens (tertiary/aromatic N) is 5. The van der Waals surface area contributed by atoms with Crippen LogP contribution in [0.1, 0.15) is 22.3 Å². The van der Waals surface area contributed by atoms with E-state index in [9.17, 15) is 9.65 Å². The minimum atomic E-state index is -0.580. The Morgan fingerprint density at radius 3 is 2.80 bits per heavy atom. The number of aromatic nitrogens is 2. The Bertz CT molecular complexity index is 1050. The molecule has 0 atom stereocenters. The summed E-state index contributed by atoms with van der Waals surface area (Å²) in [5, 5.41) is 21.4. The maximum absolute atomic E-state index is 14.5. The molecule has 4 rings (SSSR count). The molecule has 30 heavy (non-hydrogen) atoms. The summed E-state index contributed by atoms with van der Waals surface area (Å²) in [5.41, 5.74) is 2.37. The van der Waals surface area contributed by atoms with E-state index >= 15 is 0 Å². The molecule has 0 aliphatic carbocycles. The summed E-state index contributed by atoms with van der Waals surface area (Å²) < 4.78 is 25.1. The predicted octanol–water partition coefficient (Wildman–Crippen LogP) is 2.41. The van der Waals surface area contributed by atoms with Gasteiger partial charge in [0.05, 0.1) is 24.8 Å². The number of nitrogens with one attached hydrogen (secondary N) is 1. The van der Waals surface area contributed by atoms with Crippen LogP contribution in [0.4, 0.5) is 10.2 Å². The molecule has 0 amide bonds. The first-order valence-electron chi connectivity index (χ1n) is 9.43. The monoisotopic (exact) mass is 428 g/mol. The summed E-state index contributed by atoms with van der Waals surface area (Å²) >= 11 is 6.19. The van der Waals surface area contributed by atoms with Gasteiger partial charge in [0.2, 0.25) is 11.8 Å². The van der Waals surface area contributed by atoms with Crippen molar-refractivity contribution in [1.29, 1.82) is 10.5 Å². The maximum atomic E-state index is 14.5. The molecule has 0 radical (unpaired) electrons. The van der Waals surface area contributed by atoms with Gasteiger partial charge in [0.25, 0.3) is 0 Å². The lowest BCUT2D eigenvalue weighted by Crippen LogP contribution is -2.38. The van der Waals surface area contributed by atoms with Crippen LogP contribution in [0.15, 0.2) is 12.1 Å². The Morgan fingerprint density at radius 2 is 2.13 bits per heavy atom. The lowest BCUT2D eigenvalue weighted by molar-refractivity contribution is -0.0815. The van der Waals surface area contributed by atoms with Gasteiger partial charge in [-0.15, -0.1) is 0 Å². The Balaban J connectivity index is 1.52. The number of halogens is 2. The minimum Gasteiger partial charge on any atom is -0.469 e. The molecule has 2 aromatic rings. The molecule has 1 fully saturated rings. The number of rotatable bonds is 6. The van der Waals surface area contributed by atoms with Gasteiger partial charge in [-0.3, -0.25) is 4.90 Å². The van der Waals surface area contributed by atoms with Gasteiger partial charge >= 0.3 is 0 Å². The summed E-state index contributed by atoms with van der Waals surface area (Å²) in [6, 6.07) is 7.44. The van der Waals surface area contributed by atoms with Gasteiger partial charge in [-0.05, 0) is 18.1 Å². The standard InChI is InChI=1S/C20H18ClFN6O2/c21-18-15(7-24)16-9-28(6-3-14(16)20(27-18)25-5-4-23)8-12-1-2-17(26-19(12)22)30-13-10-29-11-13/h1-2,13H,3,5-6,8-11H2,(H,25,27). The molecule has 0 spiro atoms. The Kier molecular flexibility index (Phi) is 5.96. The lowest BCUT2D eigenvalue weighted by Gasteiger charge is -2.30. The van der Waals surface area contributed by atoms with Crippen LogP contribution < -0.4 is 10.1 Å². The van der Waals surface area contributed by atoms with Gasteiger partial charge < -0.3 is 14.8 Å². The highest BCUT2D eigenvalue weighted by atomic mass is 35.5. The van der Waals surface area contributed by atoms with Gasteiger partial charge in [0.1, 0.15) is 29.7 Å². The van der Waals surface area contributed by atoms with Crippen LogP contribution in [-0.4, -0.2) is 47.3 Å². The third kappa shape index (κ3) is 4.14. The third-order valence-corrected chi connectivity index (χ3v) is 5.34. The second kappa shape index (κ2) is 8.80. The fraction of sp³-hybridized carbons (Fsp3) is 0.400. The molecule has 0 bridgehead atoms. The second-order valence-corrected chi connectivity index (χ2v) is 7.40. The van der Waals surface area contributed by atoms with Crippen LogP contribution in [0.2, 0.25) is 5.15 Å².